The quantitative estimate of drug-likeness (QED) is 0.307. The van der Waals surface area contributed by atoms with E-state index in [0.717, 1.165) is 25.1 Å². The number of hydrogen-bond donors (Lipinski definition) is 2. The summed E-state index contributed by atoms with van der Waals surface area (Å²) in [5, 5.41) is 11.4. The van der Waals surface area contributed by atoms with Gasteiger partial charge in [-0.15, -0.1) is 0 Å². The Kier molecular flexibility index (Phi) is 6.70. The zero-order chi connectivity index (χ0) is 23.4. The largest absolute Gasteiger partial charge is 0.497 e. The minimum absolute atomic E-state index is 0.0453. The van der Waals surface area contributed by atoms with Gasteiger partial charge in [-0.25, -0.2) is 4.98 Å². The van der Waals surface area contributed by atoms with Gasteiger partial charge in [-0.05, 0) is 36.2 Å². The molecule has 0 saturated carbocycles. The number of nitrogens with one attached hydrogen (secondary N) is 2. The standard InChI is InChI=1S/C25H23ClN4O3/c1-33-20-9-7-18(21(14-20)25(32)29-23-10-8-19(26)15-28-23)13-22(31)16-3-5-17(6-4-16)24(27)30-11-2-12-30/h3-10,14-15,27H,2,11-13H2,1H3,(H,28,29,32). The molecular formula is C25H23ClN4O3. The molecule has 0 radical (unpaired) electrons. The van der Waals surface area contributed by atoms with E-state index in [-0.39, 0.29) is 12.2 Å². The van der Waals surface area contributed by atoms with Crippen LogP contribution in [0.15, 0.2) is 60.8 Å². The monoisotopic (exact) mass is 462 g/mol. The maximum absolute atomic E-state index is 13.0. The van der Waals surface area contributed by atoms with E-state index in [2.05, 4.69) is 10.3 Å². The van der Waals surface area contributed by atoms with Gasteiger partial charge in [0.25, 0.3) is 5.91 Å². The molecule has 1 aromatic heterocycles. The van der Waals surface area contributed by atoms with Crippen LogP contribution in [0.25, 0.3) is 0 Å². The smallest absolute Gasteiger partial charge is 0.257 e. The topological polar surface area (TPSA) is 95.4 Å². The average Bonchev–Trinajstić information content (AvgIpc) is 2.79. The van der Waals surface area contributed by atoms with Crippen molar-refractivity contribution in [3.63, 3.8) is 0 Å². The van der Waals surface area contributed by atoms with Crippen molar-refractivity contribution >= 4 is 34.9 Å². The summed E-state index contributed by atoms with van der Waals surface area (Å²) < 4.78 is 5.26. The number of Topliss-reactive ketones (excluding diaryl/α,β-unsaturated/α-hetero) is 1. The van der Waals surface area contributed by atoms with E-state index in [1.165, 1.54) is 13.3 Å². The number of carbonyl (C=O) groups is 2. The molecule has 1 aliphatic heterocycles. The highest BCUT2D eigenvalue weighted by Crippen LogP contribution is 2.22. The molecule has 0 spiro atoms. The predicted molar refractivity (Wildman–Crippen MR) is 128 cm³/mol. The van der Waals surface area contributed by atoms with Crippen LogP contribution in [0.4, 0.5) is 5.82 Å². The summed E-state index contributed by atoms with van der Waals surface area (Å²) >= 11 is 5.85. The van der Waals surface area contributed by atoms with Crippen LogP contribution in [-0.4, -0.2) is 47.6 Å². The van der Waals surface area contributed by atoms with E-state index in [4.69, 9.17) is 21.7 Å². The minimum Gasteiger partial charge on any atom is -0.497 e. The normalized spacial score (nSPS) is 12.6. The highest BCUT2D eigenvalue weighted by Gasteiger charge is 2.20. The highest BCUT2D eigenvalue weighted by atomic mass is 35.5. The molecule has 2 heterocycles. The van der Waals surface area contributed by atoms with Crippen LogP contribution in [0.3, 0.4) is 0 Å². The van der Waals surface area contributed by atoms with Crippen LogP contribution in [0.2, 0.25) is 5.02 Å². The summed E-state index contributed by atoms with van der Waals surface area (Å²) in [6, 6.07) is 15.3. The number of aromatic nitrogens is 1. The number of nitrogens with zero attached hydrogens (tertiary/aromatic N) is 2. The molecule has 168 valence electrons. The van der Waals surface area contributed by atoms with Crippen LogP contribution in [0.1, 0.15) is 38.3 Å². The number of ketones is 1. The van der Waals surface area contributed by atoms with Crippen molar-refractivity contribution in [1.82, 2.24) is 9.88 Å². The number of hydrogen-bond acceptors (Lipinski definition) is 5. The average molecular weight is 463 g/mol. The molecule has 0 unspecified atom stereocenters. The summed E-state index contributed by atoms with van der Waals surface area (Å²) in [6.45, 7) is 1.79. The van der Waals surface area contributed by atoms with Crippen molar-refractivity contribution in [1.29, 1.82) is 5.41 Å². The van der Waals surface area contributed by atoms with Gasteiger partial charge < -0.3 is 15.0 Å². The Hall–Kier alpha value is -3.71. The van der Waals surface area contributed by atoms with Gasteiger partial charge in [-0.2, -0.15) is 0 Å². The molecule has 1 fully saturated rings. The number of benzene rings is 2. The number of halogens is 1. The highest BCUT2D eigenvalue weighted by molar-refractivity contribution is 6.30. The molecule has 1 amide bonds. The third-order valence-corrected chi connectivity index (χ3v) is 5.76. The zero-order valence-electron chi connectivity index (χ0n) is 18.1. The van der Waals surface area contributed by atoms with E-state index in [1.807, 2.05) is 4.90 Å². The summed E-state index contributed by atoms with van der Waals surface area (Å²) in [5.74, 6) is 0.815. The maximum atomic E-state index is 13.0. The predicted octanol–water partition coefficient (Wildman–Crippen LogP) is 4.45. The van der Waals surface area contributed by atoms with E-state index in [9.17, 15) is 9.59 Å². The number of carbonyl (C=O) groups excluding carboxylic acids is 2. The van der Waals surface area contributed by atoms with Crippen molar-refractivity contribution in [2.45, 2.75) is 12.8 Å². The maximum Gasteiger partial charge on any atom is 0.257 e. The fraction of sp³-hybridized carbons (Fsp3) is 0.200. The van der Waals surface area contributed by atoms with Gasteiger partial charge in [0.2, 0.25) is 0 Å². The lowest BCUT2D eigenvalue weighted by Gasteiger charge is -2.33. The van der Waals surface area contributed by atoms with Crippen LogP contribution in [-0.2, 0) is 6.42 Å². The first-order valence-corrected chi connectivity index (χ1v) is 10.9. The lowest BCUT2D eigenvalue weighted by atomic mass is 9.97. The third kappa shape index (κ3) is 5.21. The molecule has 2 aromatic carbocycles. The summed E-state index contributed by atoms with van der Waals surface area (Å²) in [6.07, 6.45) is 2.59. The number of rotatable bonds is 7. The molecule has 0 aliphatic carbocycles. The van der Waals surface area contributed by atoms with E-state index in [1.54, 1.807) is 54.6 Å². The van der Waals surface area contributed by atoms with Crippen LogP contribution < -0.4 is 10.1 Å². The Morgan fingerprint density at radius 2 is 1.82 bits per heavy atom. The van der Waals surface area contributed by atoms with Gasteiger partial charge in [0.05, 0.1) is 12.1 Å². The number of ether oxygens (including phenoxy) is 1. The van der Waals surface area contributed by atoms with E-state index in [0.29, 0.717) is 39.1 Å². The molecule has 3 aromatic rings. The molecule has 2 N–H and O–H groups in total. The lowest BCUT2D eigenvalue weighted by Crippen LogP contribution is -2.42. The van der Waals surface area contributed by atoms with Gasteiger partial charge in [0.1, 0.15) is 17.4 Å². The van der Waals surface area contributed by atoms with Gasteiger partial charge in [-0.3, -0.25) is 15.0 Å². The van der Waals surface area contributed by atoms with Crippen molar-refractivity contribution in [2.75, 3.05) is 25.5 Å². The molecule has 4 rings (SSSR count). The molecule has 0 atom stereocenters. The van der Waals surface area contributed by atoms with Gasteiger partial charge in [0, 0.05) is 42.4 Å². The van der Waals surface area contributed by atoms with Gasteiger partial charge in [0.15, 0.2) is 5.78 Å². The second-order valence-corrected chi connectivity index (χ2v) is 8.14. The Morgan fingerprint density at radius 1 is 1.09 bits per heavy atom. The molecule has 1 aliphatic rings. The van der Waals surface area contributed by atoms with E-state index < -0.39 is 5.91 Å². The first kappa shape index (κ1) is 22.5. The molecule has 8 heteroatoms. The molecule has 0 bridgehead atoms. The summed E-state index contributed by atoms with van der Waals surface area (Å²) in [5.41, 5.74) is 2.21. The van der Waals surface area contributed by atoms with Crippen LogP contribution >= 0.6 is 11.6 Å². The number of methoxy groups -OCH3 is 1. The third-order valence-electron chi connectivity index (χ3n) is 5.53. The van der Waals surface area contributed by atoms with Crippen molar-refractivity contribution in [3.05, 3.63) is 88.1 Å². The fourth-order valence-electron chi connectivity index (χ4n) is 3.49. The lowest BCUT2D eigenvalue weighted by molar-refractivity contribution is 0.0992. The Morgan fingerprint density at radius 3 is 2.42 bits per heavy atom. The first-order chi connectivity index (χ1) is 15.9. The number of pyridine rings is 1. The number of anilines is 1. The van der Waals surface area contributed by atoms with Crippen LogP contribution in [0.5, 0.6) is 5.75 Å². The van der Waals surface area contributed by atoms with E-state index >= 15 is 0 Å². The van der Waals surface area contributed by atoms with Crippen molar-refractivity contribution in [3.8, 4) is 5.75 Å². The Labute approximate surface area is 196 Å². The zero-order valence-corrected chi connectivity index (χ0v) is 18.9. The Bertz CT molecular complexity index is 1190. The second kappa shape index (κ2) is 9.83. The second-order valence-electron chi connectivity index (χ2n) is 7.71. The molecule has 33 heavy (non-hydrogen) atoms. The SMILES string of the molecule is COc1ccc(CC(=O)c2ccc(C(=N)N3CCC3)cc2)c(C(=O)Nc2ccc(Cl)cn2)c1. The summed E-state index contributed by atoms with van der Waals surface area (Å²) in [7, 11) is 1.52. The number of amidine groups is 1. The van der Waals surface area contributed by atoms with Crippen molar-refractivity contribution in [2.24, 2.45) is 0 Å². The number of amides is 1. The molecule has 7 nitrogen and oxygen atoms in total. The minimum atomic E-state index is -0.398. The van der Waals surface area contributed by atoms with Crippen LogP contribution in [0, 0.1) is 5.41 Å². The summed E-state index contributed by atoms with van der Waals surface area (Å²) in [4.78, 5) is 32.0. The van der Waals surface area contributed by atoms with Crippen molar-refractivity contribution < 1.29 is 14.3 Å². The first-order valence-electron chi connectivity index (χ1n) is 10.5. The molecule has 1 saturated heterocycles. The van der Waals surface area contributed by atoms with Gasteiger partial charge >= 0.3 is 0 Å². The Balaban J connectivity index is 1.52. The fourth-order valence-corrected chi connectivity index (χ4v) is 3.60. The van der Waals surface area contributed by atoms with Gasteiger partial charge in [-0.1, -0.05) is 41.9 Å². The number of likely N-dealkylation sites (tertiary alicyclic amines) is 1. The molecular weight excluding hydrogens is 440 g/mol.